The van der Waals surface area contributed by atoms with E-state index in [2.05, 4.69) is 34.1 Å². The Morgan fingerprint density at radius 1 is 1.07 bits per heavy atom. The smallest absolute Gasteiger partial charge is 0.229 e. The lowest BCUT2D eigenvalue weighted by molar-refractivity contribution is 0.443. The SMILES string of the molecule is CN(c1cccc(C2CCCCC2)c1)c1nc(=N)n(C=N)c2ccccc12. The quantitative estimate of drug-likeness (QED) is 0.519. The zero-order chi connectivity index (χ0) is 18.8. The Balaban J connectivity index is 1.78. The summed E-state index contributed by atoms with van der Waals surface area (Å²) in [4.78, 5) is 6.55. The van der Waals surface area contributed by atoms with E-state index in [1.807, 2.05) is 31.3 Å². The van der Waals surface area contributed by atoms with Crippen molar-refractivity contribution in [2.75, 3.05) is 11.9 Å². The molecule has 5 nitrogen and oxygen atoms in total. The molecule has 2 aromatic carbocycles. The third-order valence-electron chi connectivity index (χ3n) is 5.63. The van der Waals surface area contributed by atoms with Crippen LogP contribution in [0.1, 0.15) is 43.6 Å². The minimum absolute atomic E-state index is 0.0639. The van der Waals surface area contributed by atoms with E-state index in [-0.39, 0.29) is 5.62 Å². The first-order valence-corrected chi connectivity index (χ1v) is 9.59. The lowest BCUT2D eigenvalue weighted by Gasteiger charge is -2.25. The third-order valence-corrected chi connectivity index (χ3v) is 5.63. The van der Waals surface area contributed by atoms with Crippen molar-refractivity contribution < 1.29 is 0 Å². The number of hydrogen-bond donors (Lipinski definition) is 2. The van der Waals surface area contributed by atoms with E-state index >= 15 is 0 Å². The predicted octanol–water partition coefficient (Wildman–Crippen LogP) is 4.79. The van der Waals surface area contributed by atoms with Gasteiger partial charge in [-0.1, -0.05) is 43.5 Å². The van der Waals surface area contributed by atoms with Gasteiger partial charge in [-0.2, -0.15) is 4.98 Å². The molecule has 2 N–H and O–H groups in total. The summed E-state index contributed by atoms with van der Waals surface area (Å²) in [5, 5.41) is 16.8. The summed E-state index contributed by atoms with van der Waals surface area (Å²) < 4.78 is 1.49. The molecular weight excluding hydrogens is 334 g/mol. The molecule has 1 heterocycles. The van der Waals surface area contributed by atoms with Crippen molar-refractivity contribution >= 4 is 28.7 Å². The van der Waals surface area contributed by atoms with Crippen LogP contribution in [0.3, 0.4) is 0 Å². The van der Waals surface area contributed by atoms with Crippen molar-refractivity contribution in [3.05, 3.63) is 59.7 Å². The van der Waals surface area contributed by atoms with Gasteiger partial charge in [0.05, 0.1) is 11.9 Å². The number of para-hydroxylation sites is 1. The number of aromatic nitrogens is 2. The fourth-order valence-corrected chi connectivity index (χ4v) is 4.13. The lowest BCUT2D eigenvalue weighted by atomic mass is 9.84. The second-order valence-electron chi connectivity index (χ2n) is 7.26. The van der Waals surface area contributed by atoms with Crippen molar-refractivity contribution in [3.63, 3.8) is 0 Å². The number of rotatable bonds is 4. The molecule has 1 fully saturated rings. The Hall–Kier alpha value is -2.95. The topological polar surface area (TPSA) is 68.8 Å². The van der Waals surface area contributed by atoms with Crippen LogP contribution < -0.4 is 10.5 Å². The molecule has 1 saturated carbocycles. The van der Waals surface area contributed by atoms with Gasteiger partial charge in [-0.25, -0.2) is 0 Å². The largest absolute Gasteiger partial charge is 0.329 e. The summed E-state index contributed by atoms with van der Waals surface area (Å²) >= 11 is 0. The van der Waals surface area contributed by atoms with Gasteiger partial charge in [0.25, 0.3) is 0 Å². The van der Waals surface area contributed by atoms with Gasteiger partial charge in [-0.05, 0) is 48.6 Å². The van der Waals surface area contributed by atoms with Crippen LogP contribution in [0.25, 0.3) is 10.9 Å². The van der Waals surface area contributed by atoms with Gasteiger partial charge < -0.3 is 4.90 Å². The van der Waals surface area contributed by atoms with Crippen molar-refractivity contribution in [3.8, 4) is 0 Å². The molecule has 5 heteroatoms. The monoisotopic (exact) mass is 359 g/mol. The minimum atomic E-state index is 0.0639. The lowest BCUT2D eigenvalue weighted by Crippen LogP contribution is -2.26. The fraction of sp³-hybridized carbons (Fsp3) is 0.318. The number of nitrogens with one attached hydrogen (secondary N) is 2. The number of hydrogen-bond acceptors (Lipinski definition) is 4. The van der Waals surface area contributed by atoms with Crippen molar-refractivity contribution in [2.24, 2.45) is 0 Å². The molecule has 4 rings (SSSR count). The Labute approximate surface area is 159 Å². The van der Waals surface area contributed by atoms with E-state index in [1.54, 1.807) is 0 Å². The zero-order valence-corrected chi connectivity index (χ0v) is 15.7. The van der Waals surface area contributed by atoms with Crippen LogP contribution in [0.15, 0.2) is 48.5 Å². The Kier molecular flexibility index (Phi) is 4.75. The Bertz CT molecular complexity index is 1030. The maximum Gasteiger partial charge on any atom is 0.229 e. The molecule has 0 bridgehead atoms. The first-order valence-electron chi connectivity index (χ1n) is 9.59. The summed E-state index contributed by atoms with van der Waals surface area (Å²) in [7, 11) is 2.00. The maximum atomic E-state index is 8.23. The second kappa shape index (κ2) is 7.35. The molecule has 0 atom stereocenters. The number of benzene rings is 2. The maximum absolute atomic E-state index is 8.23. The molecule has 1 aromatic heterocycles. The van der Waals surface area contributed by atoms with Gasteiger partial charge in [0.1, 0.15) is 5.82 Å². The minimum Gasteiger partial charge on any atom is -0.329 e. The van der Waals surface area contributed by atoms with Crippen molar-refractivity contribution in [1.29, 1.82) is 10.8 Å². The Morgan fingerprint density at radius 2 is 1.85 bits per heavy atom. The van der Waals surface area contributed by atoms with Gasteiger partial charge >= 0.3 is 0 Å². The van der Waals surface area contributed by atoms with E-state index in [0.717, 1.165) is 28.7 Å². The molecule has 0 amide bonds. The standard InChI is InChI=1S/C22H25N5/c1-26(18-11-7-10-17(14-18)16-8-3-2-4-9-16)21-19-12-5-6-13-20(19)27(15-23)22(24)25-21/h5-7,10-16,23-24H,2-4,8-9H2,1H3. The average Bonchev–Trinajstić information content (AvgIpc) is 2.73. The van der Waals surface area contributed by atoms with Crippen molar-refractivity contribution in [2.45, 2.75) is 38.0 Å². The molecule has 27 heavy (non-hydrogen) atoms. The first-order chi connectivity index (χ1) is 13.2. The molecule has 0 spiro atoms. The number of anilines is 2. The van der Waals surface area contributed by atoms with E-state index < -0.39 is 0 Å². The highest BCUT2D eigenvalue weighted by atomic mass is 15.2. The van der Waals surface area contributed by atoms with Crippen LogP contribution in [0, 0.1) is 10.8 Å². The Morgan fingerprint density at radius 3 is 2.63 bits per heavy atom. The summed E-state index contributed by atoms with van der Waals surface area (Å²) in [6.45, 7) is 0. The third kappa shape index (κ3) is 3.25. The van der Waals surface area contributed by atoms with Gasteiger partial charge in [0.2, 0.25) is 5.62 Å². The van der Waals surface area contributed by atoms with E-state index in [1.165, 1.54) is 42.2 Å². The molecule has 0 aliphatic heterocycles. The van der Waals surface area contributed by atoms with E-state index in [4.69, 9.17) is 10.8 Å². The normalized spacial score (nSPS) is 15.0. The van der Waals surface area contributed by atoms with Crippen LogP contribution in [-0.4, -0.2) is 22.9 Å². The first kappa shape index (κ1) is 17.5. The highest BCUT2D eigenvalue weighted by molar-refractivity contribution is 5.94. The summed E-state index contributed by atoms with van der Waals surface area (Å²) in [5.41, 5.74) is 3.37. The van der Waals surface area contributed by atoms with Gasteiger partial charge in [-0.15, -0.1) is 0 Å². The molecule has 0 unspecified atom stereocenters. The van der Waals surface area contributed by atoms with Gasteiger partial charge in [0.15, 0.2) is 0 Å². The highest BCUT2D eigenvalue weighted by Crippen LogP contribution is 2.35. The predicted molar refractivity (Wildman–Crippen MR) is 110 cm³/mol. The van der Waals surface area contributed by atoms with Crippen LogP contribution in [0.5, 0.6) is 0 Å². The van der Waals surface area contributed by atoms with Crippen LogP contribution in [0.4, 0.5) is 11.5 Å². The summed E-state index contributed by atoms with van der Waals surface area (Å²) in [6, 6.07) is 16.6. The van der Waals surface area contributed by atoms with Crippen molar-refractivity contribution in [1.82, 2.24) is 9.55 Å². The molecule has 1 aliphatic rings. The van der Waals surface area contributed by atoms with Crippen LogP contribution in [0.2, 0.25) is 0 Å². The van der Waals surface area contributed by atoms with E-state index in [9.17, 15) is 0 Å². The highest BCUT2D eigenvalue weighted by Gasteiger charge is 2.18. The number of fused-ring (bicyclic) bond motifs is 1. The summed E-state index contributed by atoms with van der Waals surface area (Å²) in [5.74, 6) is 1.40. The average molecular weight is 359 g/mol. The van der Waals surface area contributed by atoms with Gasteiger partial charge in [-0.3, -0.25) is 15.4 Å². The second-order valence-corrected chi connectivity index (χ2v) is 7.26. The molecule has 3 aromatic rings. The molecule has 138 valence electrons. The fourth-order valence-electron chi connectivity index (χ4n) is 4.13. The molecule has 0 radical (unpaired) electrons. The van der Waals surface area contributed by atoms with Gasteiger partial charge in [0, 0.05) is 18.1 Å². The van der Waals surface area contributed by atoms with E-state index in [0.29, 0.717) is 5.92 Å². The van der Waals surface area contributed by atoms with Crippen LogP contribution >= 0.6 is 0 Å². The molecular formula is C22H25N5. The number of nitrogens with zero attached hydrogens (tertiary/aromatic N) is 3. The van der Waals surface area contributed by atoms with Crippen LogP contribution in [-0.2, 0) is 0 Å². The zero-order valence-electron chi connectivity index (χ0n) is 15.7. The molecule has 0 saturated heterocycles. The molecule has 1 aliphatic carbocycles. The summed E-state index contributed by atoms with van der Waals surface area (Å²) in [6.07, 6.45) is 7.69.